The van der Waals surface area contributed by atoms with E-state index in [4.69, 9.17) is 5.11 Å². The molecular weight excluding hydrogens is 279 g/mol. The van der Waals surface area contributed by atoms with Gasteiger partial charge < -0.3 is 15.7 Å². The normalized spacial score (nSPS) is 18.9. The topological polar surface area (TPSA) is 95.5 Å². The molecule has 112 valence electrons. The number of carbonyl (C=O) groups is 3. The summed E-state index contributed by atoms with van der Waals surface area (Å²) in [6.45, 7) is 0. The molecule has 1 heterocycles. The van der Waals surface area contributed by atoms with Gasteiger partial charge in [-0.2, -0.15) is 0 Å². The molecule has 7 heteroatoms. The van der Waals surface area contributed by atoms with Crippen LogP contribution in [-0.2, 0) is 20.8 Å². The highest BCUT2D eigenvalue weighted by atomic mass is 19.1. The van der Waals surface area contributed by atoms with Crippen LogP contribution in [0.5, 0.6) is 0 Å². The molecule has 6 nitrogen and oxygen atoms in total. The van der Waals surface area contributed by atoms with Crippen molar-refractivity contribution >= 4 is 17.8 Å². The Bertz CT molecular complexity index is 559. The Morgan fingerprint density at radius 3 is 2.57 bits per heavy atom. The lowest BCUT2D eigenvalue weighted by Gasteiger charge is -2.17. The van der Waals surface area contributed by atoms with Gasteiger partial charge in [-0.15, -0.1) is 0 Å². The summed E-state index contributed by atoms with van der Waals surface area (Å²) in [6.07, 6.45) is 0.656. The van der Waals surface area contributed by atoms with Crippen LogP contribution in [0.3, 0.4) is 0 Å². The van der Waals surface area contributed by atoms with Crippen molar-refractivity contribution in [3.05, 3.63) is 35.6 Å². The van der Waals surface area contributed by atoms with E-state index in [2.05, 4.69) is 10.6 Å². The lowest BCUT2D eigenvalue weighted by Crippen LogP contribution is -2.49. The minimum absolute atomic E-state index is 0.0437. The third kappa shape index (κ3) is 4.01. The zero-order valence-electron chi connectivity index (χ0n) is 11.1. The smallest absolute Gasteiger partial charge is 0.326 e. The fourth-order valence-corrected chi connectivity index (χ4v) is 2.14. The first kappa shape index (κ1) is 15.0. The minimum atomic E-state index is -1.18. The number of hydrogen-bond donors (Lipinski definition) is 3. The lowest BCUT2D eigenvalue weighted by atomic mass is 10.1. The summed E-state index contributed by atoms with van der Waals surface area (Å²) in [6, 6.07) is 3.58. The quantitative estimate of drug-likeness (QED) is 0.723. The summed E-state index contributed by atoms with van der Waals surface area (Å²) in [5.41, 5.74) is 0.597. The number of hydrogen-bond acceptors (Lipinski definition) is 3. The Balaban J connectivity index is 1.99. The van der Waals surface area contributed by atoms with E-state index >= 15 is 0 Å². The Morgan fingerprint density at radius 2 is 2.05 bits per heavy atom. The third-order valence-electron chi connectivity index (χ3n) is 3.28. The van der Waals surface area contributed by atoms with E-state index in [1.54, 1.807) is 0 Å². The first-order valence-corrected chi connectivity index (χ1v) is 6.52. The molecule has 1 aliphatic heterocycles. The van der Waals surface area contributed by atoms with Gasteiger partial charge >= 0.3 is 5.97 Å². The number of carboxylic acid groups (broad SMARTS) is 1. The van der Waals surface area contributed by atoms with Crippen LogP contribution in [0.1, 0.15) is 18.4 Å². The third-order valence-corrected chi connectivity index (χ3v) is 3.28. The van der Waals surface area contributed by atoms with Gasteiger partial charge in [-0.25, -0.2) is 9.18 Å². The number of aliphatic carboxylic acids is 1. The maximum absolute atomic E-state index is 12.8. The molecular formula is C14H15FN2O4. The lowest BCUT2D eigenvalue weighted by molar-refractivity contribution is -0.142. The van der Waals surface area contributed by atoms with Gasteiger partial charge in [0.1, 0.15) is 17.9 Å². The molecule has 21 heavy (non-hydrogen) atoms. The predicted octanol–water partition coefficient (Wildman–Crippen LogP) is 0.216. The number of carboxylic acids is 1. The van der Waals surface area contributed by atoms with Crippen LogP contribution in [0.4, 0.5) is 4.39 Å². The molecule has 0 radical (unpaired) electrons. The van der Waals surface area contributed by atoms with Gasteiger partial charge in [-0.3, -0.25) is 9.59 Å². The van der Waals surface area contributed by atoms with Gasteiger partial charge in [0.05, 0.1) is 0 Å². The SMILES string of the molecule is O=C1CC[C@H](C(=O)N[C@H](Cc2ccc(F)cc2)C(=O)O)N1. The van der Waals surface area contributed by atoms with Crippen molar-refractivity contribution in [1.29, 1.82) is 0 Å². The van der Waals surface area contributed by atoms with Gasteiger partial charge in [0.2, 0.25) is 11.8 Å². The molecule has 0 unspecified atom stereocenters. The second kappa shape index (κ2) is 6.34. The van der Waals surface area contributed by atoms with Crippen molar-refractivity contribution in [1.82, 2.24) is 10.6 Å². The zero-order valence-corrected chi connectivity index (χ0v) is 11.1. The molecule has 0 aromatic heterocycles. The Labute approximate surface area is 120 Å². The number of carbonyl (C=O) groups excluding carboxylic acids is 2. The molecule has 0 saturated carbocycles. The number of halogens is 1. The highest BCUT2D eigenvalue weighted by molar-refractivity contribution is 5.92. The summed E-state index contributed by atoms with van der Waals surface area (Å²) < 4.78 is 12.8. The standard InChI is InChI=1S/C14H15FN2O4/c15-9-3-1-8(2-4-9)7-11(14(20)21)17-13(19)10-5-6-12(18)16-10/h1-4,10-11H,5-7H2,(H,16,18)(H,17,19)(H,20,21)/t10-,11-/m1/s1. The second-order valence-electron chi connectivity index (χ2n) is 4.89. The fraction of sp³-hybridized carbons (Fsp3) is 0.357. The highest BCUT2D eigenvalue weighted by Crippen LogP contribution is 2.09. The van der Waals surface area contributed by atoms with Crippen molar-refractivity contribution in [2.75, 3.05) is 0 Å². The average molecular weight is 294 g/mol. The van der Waals surface area contributed by atoms with Gasteiger partial charge in [-0.05, 0) is 24.1 Å². The highest BCUT2D eigenvalue weighted by Gasteiger charge is 2.30. The summed E-state index contributed by atoms with van der Waals surface area (Å²) in [5, 5.41) is 14.0. The molecule has 1 aromatic rings. The molecule has 2 amide bonds. The van der Waals surface area contributed by atoms with Crippen LogP contribution < -0.4 is 10.6 Å². The number of benzene rings is 1. The monoisotopic (exact) mass is 294 g/mol. The maximum Gasteiger partial charge on any atom is 0.326 e. The van der Waals surface area contributed by atoms with Crippen molar-refractivity contribution in [3.8, 4) is 0 Å². The van der Waals surface area contributed by atoms with Crippen LogP contribution in [0.15, 0.2) is 24.3 Å². The fourth-order valence-electron chi connectivity index (χ4n) is 2.14. The van der Waals surface area contributed by atoms with Gasteiger partial charge in [-0.1, -0.05) is 12.1 Å². The van der Waals surface area contributed by atoms with Gasteiger partial charge in [0, 0.05) is 12.8 Å². The molecule has 3 N–H and O–H groups in total. The van der Waals surface area contributed by atoms with Gasteiger partial charge in [0.25, 0.3) is 0 Å². The molecule has 1 fully saturated rings. The average Bonchev–Trinajstić information content (AvgIpc) is 2.87. The van der Waals surface area contributed by atoms with Crippen LogP contribution in [0.25, 0.3) is 0 Å². The van der Waals surface area contributed by atoms with Crippen LogP contribution in [-0.4, -0.2) is 35.0 Å². The van der Waals surface area contributed by atoms with E-state index < -0.39 is 29.8 Å². The Kier molecular flexibility index (Phi) is 4.52. The maximum atomic E-state index is 12.8. The number of rotatable bonds is 5. The van der Waals surface area contributed by atoms with E-state index in [1.165, 1.54) is 24.3 Å². The summed E-state index contributed by atoms with van der Waals surface area (Å²) in [7, 11) is 0. The second-order valence-corrected chi connectivity index (χ2v) is 4.89. The Hall–Kier alpha value is -2.44. The van der Waals surface area contributed by atoms with E-state index in [-0.39, 0.29) is 18.7 Å². The number of amides is 2. The zero-order chi connectivity index (χ0) is 15.4. The molecule has 1 aliphatic rings. The largest absolute Gasteiger partial charge is 0.480 e. The van der Waals surface area contributed by atoms with E-state index in [0.717, 1.165) is 0 Å². The first-order valence-electron chi connectivity index (χ1n) is 6.52. The van der Waals surface area contributed by atoms with E-state index in [9.17, 15) is 18.8 Å². The number of nitrogens with one attached hydrogen (secondary N) is 2. The van der Waals surface area contributed by atoms with Crippen LogP contribution in [0, 0.1) is 5.82 Å². The van der Waals surface area contributed by atoms with E-state index in [1.807, 2.05) is 0 Å². The first-order chi connectivity index (χ1) is 9.95. The van der Waals surface area contributed by atoms with Crippen molar-refractivity contribution in [2.24, 2.45) is 0 Å². The molecule has 0 aliphatic carbocycles. The molecule has 0 bridgehead atoms. The van der Waals surface area contributed by atoms with Crippen molar-refractivity contribution in [2.45, 2.75) is 31.3 Å². The molecule has 1 saturated heterocycles. The molecule has 2 rings (SSSR count). The van der Waals surface area contributed by atoms with Crippen molar-refractivity contribution in [3.63, 3.8) is 0 Å². The summed E-state index contributed by atoms with van der Waals surface area (Å²) >= 11 is 0. The van der Waals surface area contributed by atoms with E-state index in [0.29, 0.717) is 12.0 Å². The van der Waals surface area contributed by atoms with Crippen LogP contribution >= 0.6 is 0 Å². The minimum Gasteiger partial charge on any atom is -0.480 e. The Morgan fingerprint density at radius 1 is 1.38 bits per heavy atom. The molecule has 1 aromatic carbocycles. The molecule has 0 spiro atoms. The van der Waals surface area contributed by atoms with Gasteiger partial charge in [0.15, 0.2) is 0 Å². The molecule has 2 atom stereocenters. The summed E-state index contributed by atoms with van der Waals surface area (Å²) in [4.78, 5) is 34.2. The van der Waals surface area contributed by atoms with Crippen LogP contribution in [0.2, 0.25) is 0 Å². The predicted molar refractivity (Wildman–Crippen MR) is 70.8 cm³/mol. The summed E-state index contributed by atoms with van der Waals surface area (Å²) in [5.74, 6) is -2.34. The van der Waals surface area contributed by atoms with Crippen molar-refractivity contribution < 1.29 is 23.9 Å².